The Labute approximate surface area is 117 Å². The molecule has 4 heteroatoms. The molecule has 0 aromatic heterocycles. The van der Waals surface area contributed by atoms with Crippen molar-refractivity contribution in [3.63, 3.8) is 0 Å². The maximum atomic E-state index is 13.8. The average Bonchev–Trinajstić information content (AvgIpc) is 2.33. The van der Waals surface area contributed by atoms with Gasteiger partial charge >= 0.3 is 0 Å². The van der Waals surface area contributed by atoms with Crippen LogP contribution in [0.4, 0.5) is 15.8 Å². The Morgan fingerprint density at radius 1 is 1.21 bits per heavy atom. The van der Waals surface area contributed by atoms with Crippen LogP contribution in [0.15, 0.2) is 36.4 Å². The number of anilines is 2. The van der Waals surface area contributed by atoms with E-state index in [1.807, 2.05) is 38.1 Å². The molecule has 3 N–H and O–H groups in total. The number of aryl methyl sites for hydroxylation is 2. The molecule has 0 amide bonds. The molecule has 0 unspecified atom stereocenters. The van der Waals surface area contributed by atoms with Gasteiger partial charge in [-0.25, -0.2) is 4.39 Å². The molecule has 0 radical (unpaired) electrons. The van der Waals surface area contributed by atoms with Gasteiger partial charge in [0.15, 0.2) is 0 Å². The van der Waals surface area contributed by atoms with Crippen molar-refractivity contribution in [3.8, 4) is 0 Å². The minimum Gasteiger partial charge on any atom is -0.389 e. The SMILES string of the molecule is Cc1ccc(C(N)=S)c(Nc2c(C)cccc2F)c1. The van der Waals surface area contributed by atoms with Gasteiger partial charge in [0.2, 0.25) is 0 Å². The Kier molecular flexibility index (Phi) is 3.81. The van der Waals surface area contributed by atoms with Crippen molar-refractivity contribution in [1.82, 2.24) is 0 Å². The zero-order valence-electron chi connectivity index (χ0n) is 10.8. The molecule has 0 spiro atoms. The summed E-state index contributed by atoms with van der Waals surface area (Å²) in [5, 5.41) is 3.09. The third-order valence-electron chi connectivity index (χ3n) is 2.92. The molecule has 0 aliphatic rings. The number of nitrogens with one attached hydrogen (secondary N) is 1. The topological polar surface area (TPSA) is 38.0 Å². The van der Waals surface area contributed by atoms with E-state index in [4.69, 9.17) is 18.0 Å². The summed E-state index contributed by atoms with van der Waals surface area (Å²) in [6, 6.07) is 10.6. The Morgan fingerprint density at radius 3 is 2.58 bits per heavy atom. The zero-order chi connectivity index (χ0) is 14.0. The first-order valence-corrected chi connectivity index (χ1v) is 6.32. The third-order valence-corrected chi connectivity index (χ3v) is 3.14. The van der Waals surface area contributed by atoms with Crippen LogP contribution in [0.2, 0.25) is 0 Å². The number of thiocarbonyl (C=S) groups is 1. The molecule has 2 aromatic rings. The standard InChI is InChI=1S/C15H15FN2S/c1-9-6-7-11(15(17)19)13(8-9)18-14-10(2)4-3-5-12(14)16/h3-8,18H,1-2H3,(H2,17,19). The Bertz CT molecular complexity index is 618. The quantitative estimate of drug-likeness (QED) is 0.836. The molecule has 0 saturated heterocycles. The lowest BCUT2D eigenvalue weighted by molar-refractivity contribution is 0.631. The van der Waals surface area contributed by atoms with Crippen LogP contribution in [-0.2, 0) is 0 Å². The number of nitrogens with two attached hydrogens (primary N) is 1. The summed E-state index contributed by atoms with van der Waals surface area (Å²) < 4.78 is 13.8. The van der Waals surface area contributed by atoms with Crippen LogP contribution in [0.1, 0.15) is 16.7 Å². The predicted octanol–water partition coefficient (Wildman–Crippen LogP) is 3.82. The van der Waals surface area contributed by atoms with E-state index in [0.717, 1.165) is 16.8 Å². The van der Waals surface area contributed by atoms with E-state index >= 15 is 0 Å². The molecule has 0 aliphatic carbocycles. The van der Waals surface area contributed by atoms with Crippen LogP contribution >= 0.6 is 12.2 Å². The molecular weight excluding hydrogens is 259 g/mol. The van der Waals surface area contributed by atoms with E-state index in [2.05, 4.69) is 5.32 Å². The number of halogens is 1. The van der Waals surface area contributed by atoms with Crippen molar-refractivity contribution >= 4 is 28.6 Å². The maximum absolute atomic E-state index is 13.8. The van der Waals surface area contributed by atoms with Gasteiger partial charge < -0.3 is 11.1 Å². The molecule has 19 heavy (non-hydrogen) atoms. The van der Waals surface area contributed by atoms with Gasteiger partial charge in [0.25, 0.3) is 0 Å². The van der Waals surface area contributed by atoms with E-state index in [9.17, 15) is 4.39 Å². The summed E-state index contributed by atoms with van der Waals surface area (Å²) in [5.74, 6) is -0.296. The van der Waals surface area contributed by atoms with Crippen molar-refractivity contribution in [3.05, 3.63) is 58.9 Å². The summed E-state index contributed by atoms with van der Waals surface area (Å²) in [4.78, 5) is 0.288. The van der Waals surface area contributed by atoms with Gasteiger partial charge in [0, 0.05) is 11.3 Å². The highest BCUT2D eigenvalue weighted by molar-refractivity contribution is 7.80. The third kappa shape index (κ3) is 2.90. The fourth-order valence-electron chi connectivity index (χ4n) is 1.90. The van der Waals surface area contributed by atoms with E-state index in [1.54, 1.807) is 6.07 Å². The lowest BCUT2D eigenvalue weighted by atomic mass is 10.1. The second-order valence-electron chi connectivity index (χ2n) is 4.47. The van der Waals surface area contributed by atoms with E-state index in [0.29, 0.717) is 11.3 Å². The van der Waals surface area contributed by atoms with Crippen LogP contribution in [0.3, 0.4) is 0 Å². The smallest absolute Gasteiger partial charge is 0.146 e. The maximum Gasteiger partial charge on any atom is 0.146 e. The molecule has 0 bridgehead atoms. The van der Waals surface area contributed by atoms with Gasteiger partial charge in [-0.3, -0.25) is 0 Å². The molecule has 0 aliphatic heterocycles. The van der Waals surface area contributed by atoms with Crippen molar-refractivity contribution in [2.75, 3.05) is 5.32 Å². The van der Waals surface area contributed by atoms with Crippen LogP contribution in [0.5, 0.6) is 0 Å². The second kappa shape index (κ2) is 5.36. The number of hydrogen-bond acceptors (Lipinski definition) is 2. The minimum atomic E-state index is -0.296. The zero-order valence-corrected chi connectivity index (χ0v) is 11.6. The summed E-state index contributed by atoms with van der Waals surface area (Å²) >= 11 is 5.02. The normalized spacial score (nSPS) is 10.3. The highest BCUT2D eigenvalue weighted by Crippen LogP contribution is 2.26. The summed E-state index contributed by atoms with van der Waals surface area (Å²) in [5.41, 5.74) is 9.46. The predicted molar refractivity (Wildman–Crippen MR) is 81.5 cm³/mol. The molecule has 0 fully saturated rings. The molecule has 98 valence electrons. The van der Waals surface area contributed by atoms with Gasteiger partial charge in [0.1, 0.15) is 10.8 Å². The number of rotatable bonds is 3. The van der Waals surface area contributed by atoms with Gasteiger partial charge in [0.05, 0.1) is 5.69 Å². The van der Waals surface area contributed by atoms with Crippen LogP contribution in [-0.4, -0.2) is 4.99 Å². The number of para-hydroxylation sites is 1. The van der Waals surface area contributed by atoms with E-state index in [-0.39, 0.29) is 10.8 Å². The molecule has 0 saturated carbocycles. The van der Waals surface area contributed by atoms with Gasteiger partial charge in [-0.05, 0) is 43.2 Å². The number of hydrogen-bond donors (Lipinski definition) is 2. The van der Waals surface area contributed by atoms with E-state index in [1.165, 1.54) is 6.07 Å². The lowest BCUT2D eigenvalue weighted by Crippen LogP contribution is -2.12. The average molecular weight is 274 g/mol. The summed E-state index contributed by atoms with van der Waals surface area (Å²) in [6.45, 7) is 3.81. The summed E-state index contributed by atoms with van der Waals surface area (Å²) in [7, 11) is 0. The van der Waals surface area contributed by atoms with Crippen molar-refractivity contribution < 1.29 is 4.39 Å². The monoisotopic (exact) mass is 274 g/mol. The first-order chi connectivity index (χ1) is 8.99. The highest BCUT2D eigenvalue weighted by Gasteiger charge is 2.10. The van der Waals surface area contributed by atoms with Crippen LogP contribution < -0.4 is 11.1 Å². The van der Waals surface area contributed by atoms with Gasteiger partial charge in [-0.1, -0.05) is 30.4 Å². The highest BCUT2D eigenvalue weighted by atomic mass is 32.1. The van der Waals surface area contributed by atoms with Crippen LogP contribution in [0, 0.1) is 19.7 Å². The van der Waals surface area contributed by atoms with E-state index < -0.39 is 0 Å². The molecular formula is C15H15FN2S. The molecule has 0 atom stereocenters. The summed E-state index contributed by atoms with van der Waals surface area (Å²) in [6.07, 6.45) is 0. The van der Waals surface area contributed by atoms with Crippen molar-refractivity contribution in [1.29, 1.82) is 0 Å². The van der Waals surface area contributed by atoms with Gasteiger partial charge in [-0.15, -0.1) is 0 Å². The first kappa shape index (κ1) is 13.5. The first-order valence-electron chi connectivity index (χ1n) is 5.91. The van der Waals surface area contributed by atoms with Crippen LogP contribution in [0.25, 0.3) is 0 Å². The fraction of sp³-hybridized carbons (Fsp3) is 0.133. The molecule has 2 aromatic carbocycles. The lowest BCUT2D eigenvalue weighted by Gasteiger charge is -2.14. The Morgan fingerprint density at radius 2 is 1.95 bits per heavy atom. The Hall–Kier alpha value is -1.94. The second-order valence-corrected chi connectivity index (χ2v) is 4.91. The molecule has 2 nitrogen and oxygen atoms in total. The van der Waals surface area contributed by atoms with Gasteiger partial charge in [-0.2, -0.15) is 0 Å². The van der Waals surface area contributed by atoms with Crippen molar-refractivity contribution in [2.45, 2.75) is 13.8 Å². The minimum absolute atomic E-state index is 0.288. The molecule has 0 heterocycles. The molecule has 2 rings (SSSR count). The Balaban J connectivity index is 2.49. The fourth-order valence-corrected chi connectivity index (χ4v) is 2.08. The largest absolute Gasteiger partial charge is 0.389 e. The number of benzene rings is 2. The van der Waals surface area contributed by atoms with Crippen molar-refractivity contribution in [2.24, 2.45) is 5.73 Å².